The summed E-state index contributed by atoms with van der Waals surface area (Å²) in [5, 5.41) is 8.63. The fourth-order valence-electron chi connectivity index (χ4n) is 1.53. The first-order valence-electron chi connectivity index (χ1n) is 5.52. The van der Waals surface area contributed by atoms with Gasteiger partial charge in [0, 0.05) is 5.56 Å². The highest BCUT2D eigenvalue weighted by molar-refractivity contribution is 7.90. The minimum atomic E-state index is -3.39. The largest absolute Gasteiger partial charge is 0.444 e. The Morgan fingerprint density at radius 3 is 2.58 bits per heavy atom. The number of aliphatic hydroxyl groups is 1. The number of hydrogen-bond acceptors (Lipinski definition) is 5. The van der Waals surface area contributed by atoms with Crippen LogP contribution in [0.3, 0.4) is 0 Å². The van der Waals surface area contributed by atoms with Gasteiger partial charge in [0.05, 0.1) is 23.8 Å². The van der Waals surface area contributed by atoms with Gasteiger partial charge >= 0.3 is 0 Å². The third kappa shape index (κ3) is 3.62. The van der Waals surface area contributed by atoms with Crippen LogP contribution in [0.15, 0.2) is 34.9 Å². The number of benzene rings is 1. The van der Waals surface area contributed by atoms with E-state index in [1.54, 1.807) is 0 Å². The summed E-state index contributed by atoms with van der Waals surface area (Å²) in [6, 6.07) is 5.52. The van der Waals surface area contributed by atoms with E-state index in [1.165, 1.54) is 30.5 Å². The van der Waals surface area contributed by atoms with Gasteiger partial charge in [0.2, 0.25) is 5.89 Å². The quantitative estimate of drug-likeness (QED) is 0.897. The third-order valence-corrected chi connectivity index (χ3v) is 3.95. The van der Waals surface area contributed by atoms with Gasteiger partial charge in [-0.3, -0.25) is 0 Å². The molecule has 0 atom stereocenters. The van der Waals surface area contributed by atoms with Gasteiger partial charge in [-0.1, -0.05) is 0 Å². The molecule has 19 heavy (non-hydrogen) atoms. The molecule has 0 spiro atoms. The first-order chi connectivity index (χ1) is 9.00. The second-order valence-corrected chi connectivity index (χ2v) is 6.15. The molecule has 5 nitrogen and oxygen atoms in total. The summed E-state index contributed by atoms with van der Waals surface area (Å²) in [7, 11) is -3.39. The molecule has 0 saturated carbocycles. The summed E-state index contributed by atoms with van der Waals surface area (Å²) in [6.45, 7) is -0.426. The van der Waals surface area contributed by atoms with Crippen LogP contribution in [0.2, 0.25) is 0 Å². The van der Waals surface area contributed by atoms with Gasteiger partial charge in [-0.25, -0.2) is 17.8 Å². The molecule has 0 unspecified atom stereocenters. The number of halogens is 1. The molecule has 2 aromatic rings. The van der Waals surface area contributed by atoms with E-state index < -0.39 is 16.4 Å². The van der Waals surface area contributed by atoms with Crippen molar-refractivity contribution in [1.82, 2.24) is 4.98 Å². The highest BCUT2D eigenvalue weighted by Gasteiger charge is 2.15. The fourth-order valence-corrected chi connectivity index (χ4v) is 2.54. The zero-order valence-corrected chi connectivity index (χ0v) is 10.7. The van der Waals surface area contributed by atoms with E-state index in [2.05, 4.69) is 4.98 Å². The van der Waals surface area contributed by atoms with Crippen molar-refractivity contribution >= 4 is 9.84 Å². The molecule has 0 saturated heterocycles. The maximum absolute atomic E-state index is 12.8. The number of oxazole rings is 1. The lowest BCUT2D eigenvalue weighted by molar-refractivity contribution is 0.319. The van der Waals surface area contributed by atoms with Crippen LogP contribution < -0.4 is 0 Å². The Morgan fingerprint density at radius 2 is 1.95 bits per heavy atom. The van der Waals surface area contributed by atoms with Crippen molar-refractivity contribution in [3.05, 3.63) is 42.0 Å². The van der Waals surface area contributed by atoms with Crippen LogP contribution in [0.4, 0.5) is 4.39 Å². The first-order valence-corrected chi connectivity index (χ1v) is 7.34. The Labute approximate surface area is 109 Å². The Morgan fingerprint density at radius 1 is 1.26 bits per heavy atom. The van der Waals surface area contributed by atoms with Crippen molar-refractivity contribution in [3.8, 4) is 11.5 Å². The fraction of sp³-hybridized carbons (Fsp3) is 0.250. The summed E-state index contributed by atoms with van der Waals surface area (Å²) in [4.78, 5) is 4.03. The maximum Gasteiger partial charge on any atom is 0.226 e. The Hall–Kier alpha value is -1.73. The highest BCUT2D eigenvalue weighted by atomic mass is 32.2. The molecule has 2 rings (SSSR count). The van der Waals surface area contributed by atoms with Gasteiger partial charge in [0.1, 0.15) is 12.1 Å². The molecular weight excluding hydrogens is 273 g/mol. The van der Waals surface area contributed by atoms with Crippen LogP contribution in [0.1, 0.15) is 5.69 Å². The minimum Gasteiger partial charge on any atom is -0.444 e. The maximum atomic E-state index is 12.8. The lowest BCUT2D eigenvalue weighted by atomic mass is 10.2. The molecule has 0 aliphatic carbocycles. The highest BCUT2D eigenvalue weighted by Crippen LogP contribution is 2.19. The van der Waals surface area contributed by atoms with Crippen molar-refractivity contribution < 1.29 is 22.3 Å². The van der Waals surface area contributed by atoms with Gasteiger partial charge in [-0.15, -0.1) is 0 Å². The number of nitrogens with zero attached hydrogens (tertiary/aromatic N) is 1. The van der Waals surface area contributed by atoms with Crippen LogP contribution in [0.25, 0.3) is 11.5 Å². The van der Waals surface area contributed by atoms with Crippen molar-refractivity contribution in [2.75, 3.05) is 12.4 Å². The molecule has 1 aromatic carbocycles. The predicted octanol–water partition coefficient (Wildman–Crippen LogP) is 1.39. The van der Waals surface area contributed by atoms with E-state index in [9.17, 15) is 12.8 Å². The number of sulfone groups is 1. The first kappa shape index (κ1) is 13.7. The Bertz CT molecular complexity index is 649. The van der Waals surface area contributed by atoms with Gasteiger partial charge in [-0.2, -0.15) is 0 Å². The van der Waals surface area contributed by atoms with E-state index in [1.807, 2.05) is 0 Å². The second kappa shape index (κ2) is 5.50. The number of rotatable bonds is 5. The number of aromatic nitrogens is 1. The Kier molecular flexibility index (Phi) is 3.96. The Balaban J connectivity index is 2.18. The van der Waals surface area contributed by atoms with Crippen LogP contribution in [0.5, 0.6) is 0 Å². The van der Waals surface area contributed by atoms with E-state index >= 15 is 0 Å². The van der Waals surface area contributed by atoms with E-state index in [4.69, 9.17) is 9.52 Å². The zero-order valence-electron chi connectivity index (χ0n) is 9.91. The standard InChI is InChI=1S/C12H12FNO4S/c13-10-3-1-9(2-4-10)12-14-11(7-18-12)8-19(16,17)6-5-15/h1-4,7,15H,5-6,8H2. The number of aliphatic hydroxyl groups excluding tert-OH is 1. The zero-order chi connectivity index (χ0) is 13.9. The smallest absolute Gasteiger partial charge is 0.226 e. The molecule has 0 fully saturated rings. The van der Waals surface area contributed by atoms with E-state index in [0.29, 0.717) is 5.56 Å². The van der Waals surface area contributed by atoms with Crippen LogP contribution >= 0.6 is 0 Å². The van der Waals surface area contributed by atoms with Gasteiger partial charge < -0.3 is 9.52 Å². The molecule has 1 aromatic heterocycles. The molecule has 0 aliphatic rings. The molecule has 7 heteroatoms. The summed E-state index contributed by atoms with van der Waals surface area (Å²) < 4.78 is 40.9. The normalized spacial score (nSPS) is 11.7. The van der Waals surface area contributed by atoms with Crippen molar-refractivity contribution in [2.24, 2.45) is 0 Å². The van der Waals surface area contributed by atoms with Crippen molar-refractivity contribution in [1.29, 1.82) is 0 Å². The topological polar surface area (TPSA) is 80.4 Å². The summed E-state index contributed by atoms with van der Waals surface area (Å²) in [5.41, 5.74) is 0.819. The van der Waals surface area contributed by atoms with Crippen LogP contribution in [-0.4, -0.2) is 30.9 Å². The van der Waals surface area contributed by atoms with Gasteiger partial charge in [0.25, 0.3) is 0 Å². The van der Waals surface area contributed by atoms with Gasteiger partial charge in [0.15, 0.2) is 9.84 Å². The van der Waals surface area contributed by atoms with Crippen LogP contribution in [0, 0.1) is 5.82 Å². The molecule has 0 amide bonds. The molecule has 0 radical (unpaired) electrons. The molecule has 1 N–H and O–H groups in total. The average Bonchev–Trinajstić information content (AvgIpc) is 2.77. The minimum absolute atomic E-state index is 0.231. The number of hydrogen-bond donors (Lipinski definition) is 1. The summed E-state index contributed by atoms with van der Waals surface area (Å²) in [6.07, 6.45) is 1.24. The van der Waals surface area contributed by atoms with E-state index in [-0.39, 0.29) is 28.9 Å². The lowest BCUT2D eigenvalue weighted by Gasteiger charge is -1.97. The molecule has 102 valence electrons. The van der Waals surface area contributed by atoms with Crippen molar-refractivity contribution in [2.45, 2.75) is 5.75 Å². The average molecular weight is 285 g/mol. The molecule has 0 aliphatic heterocycles. The molecular formula is C12H12FNO4S. The SMILES string of the molecule is O=S(=O)(CCO)Cc1coc(-c2ccc(F)cc2)n1. The second-order valence-electron chi connectivity index (χ2n) is 3.97. The summed E-state index contributed by atoms with van der Waals surface area (Å²) in [5.74, 6) is -0.750. The third-order valence-electron chi connectivity index (χ3n) is 2.41. The summed E-state index contributed by atoms with van der Waals surface area (Å²) >= 11 is 0. The lowest BCUT2D eigenvalue weighted by Crippen LogP contribution is -2.12. The predicted molar refractivity (Wildman–Crippen MR) is 66.5 cm³/mol. The molecule has 1 heterocycles. The van der Waals surface area contributed by atoms with Crippen LogP contribution in [-0.2, 0) is 15.6 Å². The molecule has 0 bridgehead atoms. The monoisotopic (exact) mass is 285 g/mol. The van der Waals surface area contributed by atoms with Gasteiger partial charge in [-0.05, 0) is 24.3 Å². The van der Waals surface area contributed by atoms with Crippen molar-refractivity contribution in [3.63, 3.8) is 0 Å². The van der Waals surface area contributed by atoms with E-state index in [0.717, 1.165) is 0 Å².